The van der Waals surface area contributed by atoms with Crippen LogP contribution in [0.3, 0.4) is 0 Å². The summed E-state index contributed by atoms with van der Waals surface area (Å²) in [7, 11) is 0. The Morgan fingerprint density at radius 3 is 2.50 bits per heavy atom. The third-order valence-electron chi connectivity index (χ3n) is 1.84. The van der Waals surface area contributed by atoms with Gasteiger partial charge in [-0.15, -0.1) is 13.2 Å². The number of aliphatic carboxylic acids is 1. The molecule has 0 amide bonds. The largest absolute Gasteiger partial charge is 0.573 e. The molecule has 0 aliphatic carbocycles. The van der Waals surface area contributed by atoms with E-state index in [1.54, 1.807) is 0 Å². The molecular weight excluding hydrogens is 262 g/mol. The molecule has 0 spiro atoms. The van der Waals surface area contributed by atoms with Gasteiger partial charge >= 0.3 is 12.3 Å². The van der Waals surface area contributed by atoms with E-state index in [1.807, 2.05) is 0 Å². The van der Waals surface area contributed by atoms with Gasteiger partial charge in [-0.1, -0.05) is 0 Å². The van der Waals surface area contributed by atoms with Crippen molar-refractivity contribution in [3.63, 3.8) is 0 Å². The van der Waals surface area contributed by atoms with E-state index in [0.29, 0.717) is 6.20 Å². The molecular formula is C9H7F4NO4. The molecule has 0 fully saturated rings. The highest BCUT2D eigenvalue weighted by atomic mass is 19.4. The summed E-state index contributed by atoms with van der Waals surface area (Å²) < 4.78 is 52.0. The van der Waals surface area contributed by atoms with E-state index in [1.165, 1.54) is 0 Å². The number of carboxylic acids is 1. The van der Waals surface area contributed by atoms with E-state index in [-0.39, 0.29) is 0 Å². The first kappa shape index (κ1) is 14.0. The lowest BCUT2D eigenvalue weighted by atomic mass is 10.1. The zero-order valence-corrected chi connectivity index (χ0v) is 8.66. The fourth-order valence-corrected chi connectivity index (χ4v) is 1.17. The normalized spacial score (nSPS) is 11.3. The quantitative estimate of drug-likeness (QED) is 0.814. The molecule has 18 heavy (non-hydrogen) atoms. The highest BCUT2D eigenvalue weighted by Gasteiger charge is 2.34. The smallest absolute Gasteiger partial charge is 0.503 e. The molecule has 1 aromatic heterocycles. The Bertz CT molecular complexity index is 461. The molecule has 0 radical (unpaired) electrons. The van der Waals surface area contributed by atoms with E-state index < -0.39 is 48.2 Å². The van der Waals surface area contributed by atoms with E-state index >= 15 is 0 Å². The van der Waals surface area contributed by atoms with Gasteiger partial charge in [0.1, 0.15) is 12.4 Å². The molecule has 0 aliphatic heterocycles. The molecule has 0 aromatic carbocycles. The second-order valence-corrected chi connectivity index (χ2v) is 3.16. The van der Waals surface area contributed by atoms with Gasteiger partial charge in [0.2, 0.25) is 0 Å². The molecule has 9 heteroatoms. The number of hydrogen-bond acceptors (Lipinski definition) is 4. The van der Waals surface area contributed by atoms with Crippen LogP contribution in [0.2, 0.25) is 0 Å². The van der Waals surface area contributed by atoms with Crippen LogP contribution in [0.25, 0.3) is 0 Å². The van der Waals surface area contributed by atoms with Gasteiger partial charge in [0.15, 0.2) is 11.5 Å². The summed E-state index contributed by atoms with van der Waals surface area (Å²) in [4.78, 5) is 13.7. The number of aromatic nitrogens is 1. The van der Waals surface area contributed by atoms with E-state index in [0.717, 1.165) is 0 Å². The maximum absolute atomic E-state index is 12.3. The number of rotatable bonds is 4. The Kier molecular flexibility index (Phi) is 3.94. The van der Waals surface area contributed by atoms with Gasteiger partial charge in [-0.25, -0.2) is 4.39 Å². The second-order valence-electron chi connectivity index (χ2n) is 3.16. The molecule has 0 saturated carbocycles. The Morgan fingerprint density at radius 2 is 2.06 bits per heavy atom. The maximum Gasteiger partial charge on any atom is 0.573 e. The van der Waals surface area contributed by atoms with Crippen molar-refractivity contribution in [1.29, 1.82) is 0 Å². The number of ether oxygens (including phenoxy) is 1. The fourth-order valence-electron chi connectivity index (χ4n) is 1.17. The van der Waals surface area contributed by atoms with Crippen LogP contribution in [0.5, 0.6) is 11.5 Å². The van der Waals surface area contributed by atoms with Crippen LogP contribution in [0.4, 0.5) is 17.6 Å². The van der Waals surface area contributed by atoms with Crippen molar-refractivity contribution in [3.05, 3.63) is 17.5 Å². The van der Waals surface area contributed by atoms with Crippen molar-refractivity contribution >= 4 is 5.97 Å². The zero-order chi connectivity index (χ0) is 13.9. The molecule has 100 valence electrons. The highest BCUT2D eigenvalue weighted by molar-refractivity contribution is 5.72. The fraction of sp³-hybridized carbons (Fsp3) is 0.333. The minimum atomic E-state index is -5.14. The molecule has 1 rings (SSSR count). The van der Waals surface area contributed by atoms with Crippen LogP contribution in [-0.4, -0.2) is 27.5 Å². The number of hydrogen-bond donors (Lipinski definition) is 2. The monoisotopic (exact) mass is 269 g/mol. The molecule has 0 aliphatic rings. The number of nitrogens with zero attached hydrogens (tertiary/aromatic N) is 1. The molecule has 1 heterocycles. The van der Waals surface area contributed by atoms with Gasteiger partial charge in [-0.3, -0.25) is 9.78 Å². The van der Waals surface area contributed by atoms with Crippen LogP contribution < -0.4 is 4.74 Å². The van der Waals surface area contributed by atoms with Crippen LogP contribution >= 0.6 is 0 Å². The first-order chi connectivity index (χ1) is 8.24. The Labute approximate surface area is 97.6 Å². The molecule has 0 atom stereocenters. The molecule has 2 N–H and O–H groups in total. The highest BCUT2D eigenvalue weighted by Crippen LogP contribution is 2.37. The van der Waals surface area contributed by atoms with E-state index in [2.05, 4.69) is 9.72 Å². The van der Waals surface area contributed by atoms with Gasteiger partial charge in [0.05, 0.1) is 6.42 Å². The van der Waals surface area contributed by atoms with Gasteiger partial charge in [-0.2, -0.15) is 0 Å². The first-order valence-corrected chi connectivity index (χ1v) is 4.47. The summed E-state index contributed by atoms with van der Waals surface area (Å²) in [5.41, 5.74) is -1.17. The molecule has 0 saturated heterocycles. The standard InChI is InChI=1S/C9H7F4NO4/c10-2-5-7(17)8(18-9(11,12)13)4(3-14-5)1-6(15)16/h3,17H,1-2H2,(H,15,16). The predicted molar refractivity (Wildman–Crippen MR) is 48.7 cm³/mol. The second kappa shape index (κ2) is 5.07. The van der Waals surface area contributed by atoms with Crippen molar-refractivity contribution in [3.8, 4) is 11.5 Å². The zero-order valence-electron chi connectivity index (χ0n) is 8.66. The third kappa shape index (κ3) is 3.47. The Balaban J connectivity index is 3.26. The lowest BCUT2D eigenvalue weighted by molar-refractivity contribution is -0.275. The SMILES string of the molecule is O=C(O)Cc1cnc(CF)c(O)c1OC(F)(F)F. The van der Waals surface area contributed by atoms with Gasteiger partial charge < -0.3 is 14.9 Å². The summed E-state index contributed by atoms with van der Waals surface area (Å²) in [5.74, 6) is -3.75. The van der Waals surface area contributed by atoms with E-state index in [9.17, 15) is 27.5 Å². The Hall–Kier alpha value is -2.06. The molecule has 0 unspecified atom stereocenters. The van der Waals surface area contributed by atoms with Crippen molar-refractivity contribution < 1.29 is 37.3 Å². The summed E-state index contributed by atoms with van der Waals surface area (Å²) >= 11 is 0. The first-order valence-electron chi connectivity index (χ1n) is 4.47. The van der Waals surface area contributed by atoms with E-state index in [4.69, 9.17) is 5.11 Å². The van der Waals surface area contributed by atoms with Crippen LogP contribution in [0, 0.1) is 0 Å². The topological polar surface area (TPSA) is 79.7 Å². The lowest BCUT2D eigenvalue weighted by Gasteiger charge is -2.14. The summed E-state index contributed by atoms with van der Waals surface area (Å²) in [6.45, 7) is -1.31. The minimum absolute atomic E-state index is 0.505. The van der Waals surface area contributed by atoms with Crippen LogP contribution in [0.15, 0.2) is 6.20 Å². The third-order valence-corrected chi connectivity index (χ3v) is 1.84. The summed E-state index contributed by atoms with van der Waals surface area (Å²) in [6.07, 6.45) is -5.28. The average Bonchev–Trinajstić information content (AvgIpc) is 2.21. The van der Waals surface area contributed by atoms with Gasteiger partial charge in [0.25, 0.3) is 0 Å². The molecule has 0 bridgehead atoms. The minimum Gasteiger partial charge on any atom is -0.503 e. The van der Waals surface area contributed by atoms with Crippen LogP contribution in [-0.2, 0) is 17.9 Å². The van der Waals surface area contributed by atoms with Gasteiger partial charge in [-0.05, 0) is 0 Å². The number of aromatic hydroxyl groups is 1. The van der Waals surface area contributed by atoms with Crippen molar-refractivity contribution in [2.45, 2.75) is 19.5 Å². The number of pyridine rings is 1. The number of halogens is 4. The summed E-state index contributed by atoms with van der Waals surface area (Å²) in [6, 6.07) is 0. The number of alkyl halides is 4. The van der Waals surface area contributed by atoms with Crippen LogP contribution in [0.1, 0.15) is 11.3 Å². The molecule has 1 aromatic rings. The summed E-state index contributed by atoms with van der Waals surface area (Å²) in [5, 5.41) is 17.8. The average molecular weight is 269 g/mol. The van der Waals surface area contributed by atoms with Crippen molar-refractivity contribution in [1.82, 2.24) is 4.98 Å². The number of carboxylic acid groups (broad SMARTS) is 1. The number of carbonyl (C=O) groups is 1. The van der Waals surface area contributed by atoms with Gasteiger partial charge in [0, 0.05) is 11.8 Å². The van der Waals surface area contributed by atoms with Crippen molar-refractivity contribution in [2.75, 3.05) is 0 Å². The lowest BCUT2D eigenvalue weighted by Crippen LogP contribution is -2.19. The Morgan fingerprint density at radius 1 is 1.44 bits per heavy atom. The maximum atomic E-state index is 12.3. The predicted octanol–water partition coefficient (Wildman–Crippen LogP) is 1.78. The van der Waals surface area contributed by atoms with Crippen molar-refractivity contribution in [2.24, 2.45) is 0 Å². The molecule has 5 nitrogen and oxygen atoms in total.